The van der Waals surface area contributed by atoms with Crippen molar-refractivity contribution in [3.63, 3.8) is 0 Å². The number of benzene rings is 1. The predicted molar refractivity (Wildman–Crippen MR) is 112 cm³/mol. The largest absolute Gasteiger partial charge is 0.486 e. The highest BCUT2D eigenvalue weighted by atomic mass is 28.3. The van der Waals surface area contributed by atoms with E-state index in [1.807, 2.05) is 0 Å². The third kappa shape index (κ3) is 5.44. The van der Waals surface area contributed by atoms with E-state index in [2.05, 4.69) is 96.3 Å². The molecule has 1 aromatic rings. The van der Waals surface area contributed by atoms with Crippen LogP contribution in [0.2, 0.25) is 19.6 Å². The van der Waals surface area contributed by atoms with Crippen molar-refractivity contribution < 1.29 is 9.31 Å². The van der Waals surface area contributed by atoms with Gasteiger partial charge in [0.1, 0.15) is 0 Å². The Balaban J connectivity index is 2.13. The Labute approximate surface area is 155 Å². The van der Waals surface area contributed by atoms with Crippen LogP contribution in [-0.2, 0) is 9.31 Å². The van der Waals surface area contributed by atoms with Gasteiger partial charge in [0, 0.05) is 0 Å². The highest BCUT2D eigenvalue weighted by Crippen LogP contribution is 2.37. The molecule has 136 valence electrons. The fourth-order valence-electron chi connectivity index (χ4n) is 2.82. The van der Waals surface area contributed by atoms with E-state index in [0.29, 0.717) is 0 Å². The van der Waals surface area contributed by atoms with Gasteiger partial charge in [0.2, 0.25) is 0 Å². The molecule has 0 aromatic heterocycles. The van der Waals surface area contributed by atoms with Gasteiger partial charge in [-0.05, 0) is 52.2 Å². The van der Waals surface area contributed by atoms with Crippen LogP contribution < -0.4 is 0 Å². The first-order chi connectivity index (χ1) is 11.4. The van der Waals surface area contributed by atoms with E-state index in [9.17, 15) is 0 Å². The van der Waals surface area contributed by atoms with Crippen LogP contribution in [0.5, 0.6) is 0 Å². The molecule has 0 unspecified atom stereocenters. The quantitative estimate of drug-likeness (QED) is 0.618. The van der Waals surface area contributed by atoms with Gasteiger partial charge in [-0.25, -0.2) is 0 Å². The van der Waals surface area contributed by atoms with Crippen LogP contribution in [-0.4, -0.2) is 26.4 Å². The lowest BCUT2D eigenvalue weighted by Crippen LogP contribution is -2.41. The van der Waals surface area contributed by atoms with Gasteiger partial charge in [0.05, 0.1) is 19.3 Å². The average Bonchev–Trinajstić information content (AvgIpc) is 2.65. The van der Waals surface area contributed by atoms with Gasteiger partial charge in [0.25, 0.3) is 0 Å². The molecule has 1 aromatic carbocycles. The van der Waals surface area contributed by atoms with Gasteiger partial charge in [-0.15, -0.1) is 0 Å². The van der Waals surface area contributed by atoms with E-state index < -0.39 is 8.07 Å². The second-order valence-corrected chi connectivity index (χ2v) is 14.2. The molecule has 0 radical (unpaired) electrons. The average molecular weight is 356 g/mol. The topological polar surface area (TPSA) is 18.5 Å². The molecule has 2 nitrogen and oxygen atoms in total. The van der Waals surface area contributed by atoms with E-state index >= 15 is 0 Å². The molecule has 2 rings (SSSR count). The van der Waals surface area contributed by atoms with E-state index in [1.54, 1.807) is 0 Å². The SMILES string of the molecule is Cc1ccc(/C(=C\[Si](C)(C)C)C/C=C/B2OC(C)(C)C(C)(C)O2)cc1. The van der Waals surface area contributed by atoms with E-state index in [4.69, 9.17) is 9.31 Å². The number of rotatable bonds is 5. The zero-order valence-corrected chi connectivity index (χ0v) is 18.1. The lowest BCUT2D eigenvalue weighted by molar-refractivity contribution is 0.00578. The summed E-state index contributed by atoms with van der Waals surface area (Å²) in [4.78, 5) is 0. The molecule has 0 bridgehead atoms. The van der Waals surface area contributed by atoms with Gasteiger partial charge in [-0.3, -0.25) is 0 Å². The minimum Gasteiger partial charge on any atom is -0.400 e. The molecule has 4 heteroatoms. The molecule has 1 aliphatic heterocycles. The Kier molecular flexibility index (Phi) is 5.87. The van der Waals surface area contributed by atoms with Crippen LogP contribution in [0.4, 0.5) is 0 Å². The molecule has 0 spiro atoms. The molecule has 1 saturated heterocycles. The van der Waals surface area contributed by atoms with Crippen molar-refractivity contribution in [2.75, 3.05) is 0 Å². The van der Waals surface area contributed by atoms with Crippen LogP contribution >= 0.6 is 0 Å². The predicted octanol–water partition coefficient (Wildman–Crippen LogP) is 5.83. The van der Waals surface area contributed by atoms with Crippen molar-refractivity contribution in [3.8, 4) is 0 Å². The maximum Gasteiger partial charge on any atom is 0.486 e. The van der Waals surface area contributed by atoms with Gasteiger partial charge in [0.15, 0.2) is 0 Å². The minimum absolute atomic E-state index is 0.267. The molecular formula is C21H33BO2Si. The molecule has 0 aliphatic carbocycles. The Morgan fingerprint density at radius 1 is 1.00 bits per heavy atom. The van der Waals surface area contributed by atoms with Crippen LogP contribution in [0.25, 0.3) is 5.57 Å². The van der Waals surface area contributed by atoms with Crippen LogP contribution in [0, 0.1) is 6.92 Å². The maximum atomic E-state index is 6.05. The molecule has 0 amide bonds. The van der Waals surface area contributed by atoms with E-state index in [1.165, 1.54) is 16.7 Å². The normalized spacial score (nSPS) is 20.5. The second-order valence-electron chi connectivity index (χ2n) is 9.16. The smallest absolute Gasteiger partial charge is 0.400 e. The molecule has 1 heterocycles. The van der Waals surface area contributed by atoms with Crippen molar-refractivity contribution in [1.82, 2.24) is 0 Å². The molecular weight excluding hydrogens is 323 g/mol. The lowest BCUT2D eigenvalue weighted by atomic mass is 9.89. The number of hydrogen-bond acceptors (Lipinski definition) is 2. The molecule has 1 fully saturated rings. The zero-order chi connectivity index (χ0) is 18.9. The van der Waals surface area contributed by atoms with Gasteiger partial charge >= 0.3 is 7.12 Å². The summed E-state index contributed by atoms with van der Waals surface area (Å²) in [6, 6.07) is 8.82. The highest BCUT2D eigenvalue weighted by molar-refractivity contribution is 6.81. The molecule has 0 atom stereocenters. The molecule has 1 aliphatic rings. The minimum atomic E-state index is -1.30. The summed E-state index contributed by atoms with van der Waals surface area (Å²) in [7, 11) is -1.57. The summed E-state index contributed by atoms with van der Waals surface area (Å²) in [6.45, 7) is 17.6. The Morgan fingerprint density at radius 2 is 1.52 bits per heavy atom. The fourth-order valence-corrected chi connectivity index (χ4v) is 4.15. The van der Waals surface area contributed by atoms with Gasteiger partial charge in [-0.1, -0.05) is 67.2 Å². The Hall–Kier alpha value is -1.10. The molecule has 25 heavy (non-hydrogen) atoms. The number of allylic oxidation sites excluding steroid dienone is 2. The van der Waals surface area contributed by atoms with E-state index in [0.717, 1.165) is 6.42 Å². The number of hydrogen-bond donors (Lipinski definition) is 0. The van der Waals surface area contributed by atoms with Crippen molar-refractivity contribution in [3.05, 3.63) is 53.1 Å². The van der Waals surface area contributed by atoms with Crippen molar-refractivity contribution >= 4 is 20.8 Å². The van der Waals surface area contributed by atoms with Crippen LogP contribution in [0.15, 0.2) is 42.0 Å². The van der Waals surface area contributed by atoms with Gasteiger partial charge in [-0.2, -0.15) is 0 Å². The summed E-state index contributed by atoms with van der Waals surface area (Å²) in [5.41, 5.74) is 5.93. The molecule has 0 saturated carbocycles. The summed E-state index contributed by atoms with van der Waals surface area (Å²) < 4.78 is 12.1. The summed E-state index contributed by atoms with van der Waals surface area (Å²) >= 11 is 0. The molecule has 0 N–H and O–H groups in total. The third-order valence-corrected chi connectivity index (χ3v) is 6.15. The summed E-state index contributed by atoms with van der Waals surface area (Å²) in [5.74, 6) is 2.06. The standard InChI is InChI=1S/C21H33BO2Si/c1-17-11-13-18(14-12-17)19(16-25(6,7)8)10-9-15-22-23-20(2,3)21(4,5)24-22/h9,11-16H,10H2,1-8H3/b15-9+,19-16-. The van der Waals surface area contributed by atoms with E-state index in [-0.39, 0.29) is 18.3 Å². The Bertz CT molecular complexity index is 635. The second kappa shape index (κ2) is 7.26. The summed E-state index contributed by atoms with van der Waals surface area (Å²) in [6.07, 6.45) is 3.09. The highest BCUT2D eigenvalue weighted by Gasteiger charge is 2.49. The Morgan fingerprint density at radius 3 is 2.00 bits per heavy atom. The van der Waals surface area contributed by atoms with Crippen molar-refractivity contribution in [1.29, 1.82) is 0 Å². The first kappa shape index (κ1) is 20.2. The van der Waals surface area contributed by atoms with Crippen molar-refractivity contribution in [2.45, 2.75) is 71.9 Å². The first-order valence-corrected chi connectivity index (χ1v) is 12.8. The van der Waals surface area contributed by atoms with Gasteiger partial charge < -0.3 is 9.31 Å². The van der Waals surface area contributed by atoms with Crippen molar-refractivity contribution in [2.24, 2.45) is 0 Å². The first-order valence-electron chi connectivity index (χ1n) is 9.21. The maximum absolute atomic E-state index is 6.05. The zero-order valence-electron chi connectivity index (χ0n) is 17.1. The van der Waals surface area contributed by atoms with Crippen LogP contribution in [0.1, 0.15) is 45.2 Å². The van der Waals surface area contributed by atoms with Crippen LogP contribution in [0.3, 0.4) is 0 Å². The monoisotopic (exact) mass is 356 g/mol. The fraction of sp³-hybridized carbons (Fsp3) is 0.524. The number of aryl methyl sites for hydroxylation is 1. The lowest BCUT2D eigenvalue weighted by Gasteiger charge is -2.32. The summed E-state index contributed by atoms with van der Waals surface area (Å²) in [5, 5.41) is 0. The third-order valence-electron chi connectivity index (χ3n) is 4.93.